The number of carbonyl (C=O) groups is 1. The SMILES string of the molecule is O=C(O)/C(=C\c1cccc(Cl)c1)c1nccs1. The third-order valence-corrected chi connectivity index (χ3v) is 3.09. The zero-order valence-electron chi connectivity index (χ0n) is 8.63. The van der Waals surface area contributed by atoms with Crippen molar-refractivity contribution in [3.63, 3.8) is 0 Å². The Bertz CT molecular complexity index is 564. The molecule has 0 saturated heterocycles. The summed E-state index contributed by atoms with van der Waals surface area (Å²) in [5.74, 6) is -1.00. The molecule has 1 aromatic heterocycles. The summed E-state index contributed by atoms with van der Waals surface area (Å²) in [6.45, 7) is 0. The van der Waals surface area contributed by atoms with Gasteiger partial charge in [-0.2, -0.15) is 0 Å². The summed E-state index contributed by atoms with van der Waals surface area (Å²) in [7, 11) is 0. The quantitative estimate of drug-likeness (QED) is 0.865. The van der Waals surface area contributed by atoms with E-state index in [0.29, 0.717) is 10.0 Å². The number of halogens is 1. The highest BCUT2D eigenvalue weighted by molar-refractivity contribution is 7.11. The van der Waals surface area contributed by atoms with Gasteiger partial charge in [0, 0.05) is 16.6 Å². The molecule has 5 heteroatoms. The number of nitrogens with zero attached hydrogens (tertiary/aromatic N) is 1. The van der Waals surface area contributed by atoms with E-state index in [9.17, 15) is 4.79 Å². The van der Waals surface area contributed by atoms with Crippen LogP contribution < -0.4 is 0 Å². The molecule has 1 aromatic carbocycles. The minimum absolute atomic E-state index is 0.169. The molecule has 0 radical (unpaired) electrons. The first-order valence-corrected chi connectivity index (χ1v) is 6.03. The minimum Gasteiger partial charge on any atom is -0.478 e. The Kier molecular flexibility index (Phi) is 3.56. The van der Waals surface area contributed by atoms with Crippen molar-refractivity contribution in [3.8, 4) is 0 Å². The van der Waals surface area contributed by atoms with Crippen molar-refractivity contribution in [3.05, 3.63) is 51.4 Å². The Labute approximate surface area is 107 Å². The van der Waals surface area contributed by atoms with E-state index in [2.05, 4.69) is 4.98 Å². The molecule has 0 aliphatic heterocycles. The highest BCUT2D eigenvalue weighted by Gasteiger charge is 2.12. The molecule has 2 aromatic rings. The molecule has 17 heavy (non-hydrogen) atoms. The number of carboxylic acid groups (broad SMARTS) is 1. The molecular formula is C12H8ClNO2S. The third-order valence-electron chi connectivity index (χ3n) is 2.05. The summed E-state index contributed by atoms with van der Waals surface area (Å²) in [6, 6.07) is 7.01. The molecule has 2 rings (SSSR count). The smallest absolute Gasteiger partial charge is 0.338 e. The summed E-state index contributed by atoms with van der Waals surface area (Å²) < 4.78 is 0. The standard InChI is InChI=1S/C12H8ClNO2S/c13-9-3-1-2-8(6-9)7-10(12(15)16)11-14-4-5-17-11/h1-7H,(H,15,16)/b10-7-. The van der Waals surface area contributed by atoms with Crippen LogP contribution in [-0.2, 0) is 4.79 Å². The Hall–Kier alpha value is -1.65. The summed E-state index contributed by atoms with van der Waals surface area (Å²) >= 11 is 7.13. The lowest BCUT2D eigenvalue weighted by atomic mass is 10.1. The van der Waals surface area contributed by atoms with Gasteiger partial charge in [0.15, 0.2) is 0 Å². The van der Waals surface area contributed by atoms with E-state index in [1.807, 2.05) is 0 Å². The van der Waals surface area contributed by atoms with Gasteiger partial charge >= 0.3 is 5.97 Å². The van der Waals surface area contributed by atoms with Gasteiger partial charge in [-0.15, -0.1) is 11.3 Å². The first-order valence-electron chi connectivity index (χ1n) is 4.77. The molecule has 0 aliphatic rings. The molecule has 3 nitrogen and oxygen atoms in total. The molecule has 0 aliphatic carbocycles. The maximum absolute atomic E-state index is 11.2. The fraction of sp³-hybridized carbons (Fsp3) is 0. The lowest BCUT2D eigenvalue weighted by molar-refractivity contribution is -0.130. The van der Waals surface area contributed by atoms with Crippen molar-refractivity contribution in [2.75, 3.05) is 0 Å². The maximum Gasteiger partial charge on any atom is 0.338 e. The zero-order valence-corrected chi connectivity index (χ0v) is 10.2. The average molecular weight is 266 g/mol. The fourth-order valence-electron chi connectivity index (χ4n) is 1.33. The van der Waals surface area contributed by atoms with E-state index in [-0.39, 0.29) is 5.57 Å². The largest absolute Gasteiger partial charge is 0.478 e. The first-order chi connectivity index (χ1) is 8.16. The van der Waals surface area contributed by atoms with Crippen molar-refractivity contribution < 1.29 is 9.90 Å². The van der Waals surface area contributed by atoms with Gasteiger partial charge in [-0.25, -0.2) is 9.78 Å². The number of thiazole rings is 1. The van der Waals surface area contributed by atoms with Gasteiger partial charge in [-0.05, 0) is 23.8 Å². The second-order valence-corrected chi connectivity index (χ2v) is 4.59. The van der Waals surface area contributed by atoms with Crippen LogP contribution in [0.3, 0.4) is 0 Å². The van der Waals surface area contributed by atoms with Crippen molar-refractivity contribution in [1.29, 1.82) is 0 Å². The van der Waals surface area contributed by atoms with E-state index in [0.717, 1.165) is 5.56 Å². The van der Waals surface area contributed by atoms with Gasteiger partial charge in [0.25, 0.3) is 0 Å². The van der Waals surface area contributed by atoms with E-state index in [4.69, 9.17) is 16.7 Å². The molecule has 0 fully saturated rings. The van der Waals surface area contributed by atoms with Crippen LogP contribution in [0.1, 0.15) is 10.6 Å². The molecule has 0 atom stereocenters. The van der Waals surface area contributed by atoms with Crippen LogP contribution in [-0.4, -0.2) is 16.1 Å². The predicted molar refractivity (Wildman–Crippen MR) is 69.1 cm³/mol. The Morgan fingerprint density at radius 1 is 1.47 bits per heavy atom. The van der Waals surface area contributed by atoms with E-state index >= 15 is 0 Å². The highest BCUT2D eigenvalue weighted by Crippen LogP contribution is 2.21. The molecule has 1 N–H and O–H groups in total. The van der Waals surface area contributed by atoms with Gasteiger partial charge in [0.2, 0.25) is 0 Å². The van der Waals surface area contributed by atoms with E-state index in [1.54, 1.807) is 41.9 Å². The molecule has 0 spiro atoms. The van der Waals surface area contributed by atoms with Crippen LogP contribution >= 0.6 is 22.9 Å². The van der Waals surface area contributed by atoms with Gasteiger partial charge < -0.3 is 5.11 Å². The summed E-state index contributed by atoms with van der Waals surface area (Å²) in [5, 5.41) is 11.9. The van der Waals surface area contributed by atoms with Crippen LogP contribution in [0, 0.1) is 0 Å². The predicted octanol–water partition coefficient (Wildman–Crippen LogP) is 3.42. The van der Waals surface area contributed by atoms with Crippen LogP contribution in [0.25, 0.3) is 11.6 Å². The normalized spacial score (nSPS) is 11.5. The molecular weight excluding hydrogens is 258 g/mol. The van der Waals surface area contributed by atoms with Gasteiger partial charge in [0.1, 0.15) is 5.01 Å². The Morgan fingerprint density at radius 2 is 2.29 bits per heavy atom. The third kappa shape index (κ3) is 2.93. The number of aromatic nitrogens is 1. The monoisotopic (exact) mass is 265 g/mol. The van der Waals surface area contributed by atoms with Gasteiger partial charge in [-0.1, -0.05) is 23.7 Å². The fourth-order valence-corrected chi connectivity index (χ4v) is 2.18. The molecule has 0 amide bonds. The minimum atomic E-state index is -1.00. The van der Waals surface area contributed by atoms with Crippen LogP contribution in [0.5, 0.6) is 0 Å². The average Bonchev–Trinajstić information content (AvgIpc) is 2.78. The lowest BCUT2D eigenvalue weighted by Gasteiger charge is -1.99. The maximum atomic E-state index is 11.2. The van der Waals surface area contributed by atoms with E-state index < -0.39 is 5.97 Å². The van der Waals surface area contributed by atoms with Crippen molar-refractivity contribution >= 4 is 40.6 Å². The Morgan fingerprint density at radius 3 is 2.88 bits per heavy atom. The van der Waals surface area contributed by atoms with Crippen LogP contribution in [0.2, 0.25) is 5.02 Å². The number of carboxylic acids is 1. The number of hydrogen-bond donors (Lipinski definition) is 1. The summed E-state index contributed by atoms with van der Waals surface area (Å²) in [5.41, 5.74) is 0.910. The molecule has 0 unspecified atom stereocenters. The topological polar surface area (TPSA) is 50.2 Å². The lowest BCUT2D eigenvalue weighted by Crippen LogP contribution is -1.98. The molecule has 1 heterocycles. The van der Waals surface area contributed by atoms with Gasteiger partial charge in [-0.3, -0.25) is 0 Å². The van der Waals surface area contributed by atoms with Crippen molar-refractivity contribution in [2.45, 2.75) is 0 Å². The van der Waals surface area contributed by atoms with Crippen LogP contribution in [0.15, 0.2) is 35.8 Å². The second-order valence-electron chi connectivity index (χ2n) is 3.26. The first kappa shape index (κ1) is 11.8. The summed E-state index contributed by atoms with van der Waals surface area (Å²) in [4.78, 5) is 15.1. The van der Waals surface area contributed by atoms with Crippen molar-refractivity contribution in [2.24, 2.45) is 0 Å². The molecule has 0 saturated carbocycles. The molecule has 0 bridgehead atoms. The van der Waals surface area contributed by atoms with E-state index in [1.165, 1.54) is 11.3 Å². The number of benzene rings is 1. The zero-order chi connectivity index (χ0) is 12.3. The Balaban J connectivity index is 2.44. The number of hydrogen-bond acceptors (Lipinski definition) is 3. The van der Waals surface area contributed by atoms with Crippen molar-refractivity contribution in [1.82, 2.24) is 4.98 Å². The highest BCUT2D eigenvalue weighted by atomic mass is 35.5. The van der Waals surface area contributed by atoms with Gasteiger partial charge in [0.05, 0.1) is 5.57 Å². The second kappa shape index (κ2) is 5.12. The molecule has 86 valence electrons. The number of aliphatic carboxylic acids is 1. The number of rotatable bonds is 3. The summed E-state index contributed by atoms with van der Waals surface area (Å²) in [6.07, 6.45) is 3.14. The van der Waals surface area contributed by atoms with Crippen LogP contribution in [0.4, 0.5) is 0 Å².